The van der Waals surface area contributed by atoms with E-state index >= 15 is 0 Å². The van der Waals surface area contributed by atoms with Crippen molar-refractivity contribution >= 4 is 26.7 Å². The summed E-state index contributed by atoms with van der Waals surface area (Å²) in [4.78, 5) is -0.0556. The molecular formula is C15H15N3O6S. The van der Waals surface area contributed by atoms with Crippen LogP contribution in [-0.4, -0.2) is 40.1 Å². The molecule has 0 spiro atoms. The molecule has 0 fully saturated rings. The number of rotatable bonds is 6. The Kier molecular flexibility index (Phi) is 4.36. The molecule has 9 nitrogen and oxygen atoms in total. The number of benzene rings is 2. The van der Waals surface area contributed by atoms with Crippen molar-refractivity contribution in [1.82, 2.24) is 10.3 Å². The van der Waals surface area contributed by atoms with E-state index in [1.807, 2.05) is 0 Å². The van der Waals surface area contributed by atoms with E-state index in [0.717, 1.165) is 0 Å². The van der Waals surface area contributed by atoms with E-state index in [0.29, 0.717) is 22.8 Å². The Morgan fingerprint density at radius 2 is 1.68 bits per heavy atom. The molecule has 0 atom stereocenters. The fourth-order valence-corrected chi connectivity index (χ4v) is 3.54. The Hall–Kier alpha value is -3.01. The van der Waals surface area contributed by atoms with Crippen molar-refractivity contribution in [3.05, 3.63) is 30.3 Å². The molecule has 0 aliphatic rings. The molecular weight excluding hydrogens is 350 g/mol. The number of methoxy groups -OCH3 is 3. The quantitative estimate of drug-likeness (QED) is 0.706. The molecule has 10 heteroatoms. The van der Waals surface area contributed by atoms with Crippen LogP contribution in [0, 0.1) is 0 Å². The molecule has 1 N–H and O–H groups in total. The van der Waals surface area contributed by atoms with Gasteiger partial charge in [-0.1, -0.05) is 6.07 Å². The summed E-state index contributed by atoms with van der Waals surface area (Å²) >= 11 is 0. The van der Waals surface area contributed by atoms with Gasteiger partial charge in [-0.25, -0.2) is 13.0 Å². The third kappa shape index (κ3) is 3.03. The Labute approximate surface area is 143 Å². The van der Waals surface area contributed by atoms with Gasteiger partial charge in [0.05, 0.1) is 27.0 Å². The SMILES string of the molecule is COc1cc(NS(=O)(=O)c2cccc3nonc23)cc(OC)c1OC. The van der Waals surface area contributed by atoms with E-state index in [2.05, 4.69) is 19.7 Å². The highest BCUT2D eigenvalue weighted by molar-refractivity contribution is 7.93. The van der Waals surface area contributed by atoms with Crippen LogP contribution in [-0.2, 0) is 10.0 Å². The average molecular weight is 365 g/mol. The summed E-state index contributed by atoms with van der Waals surface area (Å²) in [7, 11) is 0.401. The highest BCUT2D eigenvalue weighted by atomic mass is 32.2. The van der Waals surface area contributed by atoms with Gasteiger partial charge >= 0.3 is 0 Å². The first-order chi connectivity index (χ1) is 12.0. The molecule has 0 aliphatic heterocycles. The second kappa shape index (κ2) is 6.48. The van der Waals surface area contributed by atoms with Gasteiger partial charge < -0.3 is 14.2 Å². The predicted molar refractivity (Wildman–Crippen MR) is 88.7 cm³/mol. The molecule has 0 saturated carbocycles. The van der Waals surface area contributed by atoms with Crippen LogP contribution < -0.4 is 18.9 Å². The van der Waals surface area contributed by atoms with Gasteiger partial charge in [-0.3, -0.25) is 4.72 Å². The van der Waals surface area contributed by atoms with E-state index in [-0.39, 0.29) is 16.1 Å². The third-order valence-corrected chi connectivity index (χ3v) is 4.87. The van der Waals surface area contributed by atoms with Crippen LogP contribution in [0.1, 0.15) is 0 Å². The molecule has 1 heterocycles. The fourth-order valence-electron chi connectivity index (χ4n) is 2.35. The summed E-state index contributed by atoms with van der Waals surface area (Å²) in [5, 5.41) is 7.29. The second-order valence-electron chi connectivity index (χ2n) is 4.91. The minimum atomic E-state index is -3.94. The van der Waals surface area contributed by atoms with Gasteiger partial charge in [0, 0.05) is 12.1 Å². The van der Waals surface area contributed by atoms with Crippen molar-refractivity contribution < 1.29 is 27.3 Å². The highest BCUT2D eigenvalue weighted by Crippen LogP contribution is 2.40. The number of ether oxygens (including phenoxy) is 3. The topological polar surface area (TPSA) is 113 Å². The Morgan fingerprint density at radius 3 is 2.28 bits per heavy atom. The Bertz CT molecular complexity index is 990. The van der Waals surface area contributed by atoms with Crippen molar-refractivity contribution in [1.29, 1.82) is 0 Å². The second-order valence-corrected chi connectivity index (χ2v) is 6.56. The molecule has 25 heavy (non-hydrogen) atoms. The first kappa shape index (κ1) is 16.8. The standard InChI is InChI=1S/C15H15N3O6S/c1-21-11-7-9(8-12(22-2)15(11)23-3)18-25(19,20)13-6-4-5-10-14(13)17-24-16-10/h4-8,18H,1-3H3. The van der Waals surface area contributed by atoms with Crippen LogP contribution in [0.3, 0.4) is 0 Å². The molecule has 0 unspecified atom stereocenters. The number of hydrogen-bond donors (Lipinski definition) is 1. The first-order valence-electron chi connectivity index (χ1n) is 7.04. The van der Waals surface area contributed by atoms with Crippen molar-refractivity contribution in [3.63, 3.8) is 0 Å². The maximum Gasteiger partial charge on any atom is 0.264 e. The van der Waals surface area contributed by atoms with Crippen molar-refractivity contribution in [2.45, 2.75) is 4.90 Å². The van der Waals surface area contributed by atoms with Crippen LogP contribution in [0.2, 0.25) is 0 Å². The molecule has 0 radical (unpaired) electrons. The van der Waals surface area contributed by atoms with E-state index in [1.165, 1.54) is 39.5 Å². The Balaban J connectivity index is 2.05. The van der Waals surface area contributed by atoms with Gasteiger partial charge in [0.2, 0.25) is 5.75 Å². The maximum absolute atomic E-state index is 12.7. The lowest BCUT2D eigenvalue weighted by Crippen LogP contribution is -2.13. The van der Waals surface area contributed by atoms with E-state index < -0.39 is 10.0 Å². The van der Waals surface area contributed by atoms with Crippen molar-refractivity contribution in [3.8, 4) is 17.2 Å². The zero-order valence-electron chi connectivity index (χ0n) is 13.6. The molecule has 0 amide bonds. The summed E-state index contributed by atoms with van der Waals surface area (Å²) in [6.45, 7) is 0. The number of sulfonamides is 1. The van der Waals surface area contributed by atoms with Gasteiger partial charge in [0.25, 0.3) is 10.0 Å². The van der Waals surface area contributed by atoms with Crippen LogP contribution in [0.5, 0.6) is 17.2 Å². The predicted octanol–water partition coefficient (Wildman–Crippen LogP) is 2.05. The molecule has 3 rings (SSSR count). The number of nitrogens with one attached hydrogen (secondary N) is 1. The van der Waals surface area contributed by atoms with Gasteiger partial charge in [0.15, 0.2) is 17.0 Å². The largest absolute Gasteiger partial charge is 0.493 e. The normalized spacial score (nSPS) is 11.3. The smallest absolute Gasteiger partial charge is 0.264 e. The van der Waals surface area contributed by atoms with Gasteiger partial charge in [-0.2, -0.15) is 0 Å². The molecule has 0 aliphatic carbocycles. The summed E-state index contributed by atoms with van der Waals surface area (Å²) in [6.07, 6.45) is 0. The summed E-state index contributed by atoms with van der Waals surface area (Å²) in [5.74, 6) is 0.998. The lowest BCUT2D eigenvalue weighted by Gasteiger charge is -2.15. The zero-order valence-corrected chi connectivity index (χ0v) is 14.5. The van der Waals surface area contributed by atoms with Gasteiger partial charge in [-0.05, 0) is 22.4 Å². The number of fused-ring (bicyclic) bond motifs is 1. The number of anilines is 1. The van der Waals surface area contributed by atoms with Crippen LogP contribution >= 0.6 is 0 Å². The number of aromatic nitrogens is 2. The average Bonchev–Trinajstić information content (AvgIpc) is 3.08. The highest BCUT2D eigenvalue weighted by Gasteiger charge is 2.22. The van der Waals surface area contributed by atoms with Crippen molar-refractivity contribution in [2.24, 2.45) is 0 Å². The zero-order chi connectivity index (χ0) is 18.0. The lowest BCUT2D eigenvalue weighted by atomic mass is 10.2. The number of nitrogens with zero attached hydrogens (tertiary/aromatic N) is 2. The molecule has 1 aromatic heterocycles. The van der Waals surface area contributed by atoms with Crippen molar-refractivity contribution in [2.75, 3.05) is 26.1 Å². The van der Waals surface area contributed by atoms with Crippen LogP contribution in [0.15, 0.2) is 39.9 Å². The lowest BCUT2D eigenvalue weighted by molar-refractivity contribution is 0.315. The summed E-state index contributed by atoms with van der Waals surface area (Å²) < 4.78 is 48.2. The van der Waals surface area contributed by atoms with Crippen LogP contribution in [0.25, 0.3) is 11.0 Å². The Morgan fingerprint density at radius 1 is 1.00 bits per heavy atom. The van der Waals surface area contributed by atoms with E-state index in [9.17, 15) is 8.42 Å². The molecule has 0 saturated heterocycles. The number of hydrogen-bond acceptors (Lipinski definition) is 8. The fraction of sp³-hybridized carbons (Fsp3) is 0.200. The minimum Gasteiger partial charge on any atom is -0.493 e. The maximum atomic E-state index is 12.7. The molecule has 3 aromatic rings. The molecule has 2 aromatic carbocycles. The van der Waals surface area contributed by atoms with Crippen LogP contribution in [0.4, 0.5) is 5.69 Å². The molecule has 0 bridgehead atoms. The van der Waals surface area contributed by atoms with Gasteiger partial charge in [-0.15, -0.1) is 0 Å². The first-order valence-corrected chi connectivity index (χ1v) is 8.52. The minimum absolute atomic E-state index is 0.0556. The monoisotopic (exact) mass is 365 g/mol. The van der Waals surface area contributed by atoms with E-state index in [1.54, 1.807) is 12.1 Å². The third-order valence-electron chi connectivity index (χ3n) is 3.46. The van der Waals surface area contributed by atoms with E-state index in [4.69, 9.17) is 14.2 Å². The summed E-state index contributed by atoms with van der Waals surface area (Å²) in [6, 6.07) is 7.54. The summed E-state index contributed by atoms with van der Waals surface area (Å²) in [5.41, 5.74) is 0.721. The van der Waals surface area contributed by atoms with Gasteiger partial charge in [0.1, 0.15) is 10.4 Å². The molecule has 132 valence electrons.